The third kappa shape index (κ3) is 2.45. The van der Waals surface area contributed by atoms with Crippen LogP contribution < -0.4 is 5.32 Å². The van der Waals surface area contributed by atoms with Crippen molar-refractivity contribution in [1.29, 1.82) is 0 Å². The first-order valence-electron chi connectivity index (χ1n) is 5.67. The number of hydrogen-bond acceptors (Lipinski definition) is 3. The number of carbonyl (C=O) groups is 1. The lowest BCUT2D eigenvalue weighted by Crippen LogP contribution is -2.32. The molecule has 0 radical (unpaired) electrons. The second-order valence-corrected chi connectivity index (χ2v) is 5.19. The van der Waals surface area contributed by atoms with Gasteiger partial charge in [-0.25, -0.2) is 9.79 Å². The summed E-state index contributed by atoms with van der Waals surface area (Å²) in [5, 5.41) is 2.19. The molecule has 0 aromatic carbocycles. The summed E-state index contributed by atoms with van der Waals surface area (Å²) >= 11 is 5.26. The summed E-state index contributed by atoms with van der Waals surface area (Å²) in [5.41, 5.74) is 0. The number of fused-ring (bicyclic) bond motifs is 2. The van der Waals surface area contributed by atoms with E-state index in [0.717, 1.165) is 5.92 Å². The number of carbonyl (C=O) groups excluding carboxylic acids is 2. The number of halogens is 1. The molecule has 1 N–H and O–H groups in total. The van der Waals surface area contributed by atoms with Gasteiger partial charge < -0.3 is 5.32 Å². The van der Waals surface area contributed by atoms with Crippen molar-refractivity contribution in [1.82, 2.24) is 5.32 Å². The summed E-state index contributed by atoms with van der Waals surface area (Å²) in [4.78, 5) is 24.4. The quantitative estimate of drug-likeness (QED) is 0.354. The average molecular weight is 243 g/mol. The van der Waals surface area contributed by atoms with E-state index in [0.29, 0.717) is 30.8 Å². The maximum Gasteiger partial charge on any atom is 0.313 e. The summed E-state index contributed by atoms with van der Waals surface area (Å²) in [7, 11) is 0. The number of isocyanates is 1. The van der Waals surface area contributed by atoms with Crippen LogP contribution in [0.25, 0.3) is 0 Å². The molecule has 2 rings (SSSR count). The van der Waals surface area contributed by atoms with Gasteiger partial charge in [0.1, 0.15) is 0 Å². The van der Waals surface area contributed by atoms with Crippen LogP contribution in [0.4, 0.5) is 4.79 Å². The molecule has 0 spiro atoms. The van der Waals surface area contributed by atoms with Crippen LogP contribution in [0.2, 0.25) is 0 Å². The van der Waals surface area contributed by atoms with E-state index >= 15 is 0 Å². The monoisotopic (exact) mass is 242 g/mol. The third-order valence-corrected chi connectivity index (χ3v) is 4.12. The molecule has 2 aliphatic rings. The molecule has 0 aliphatic heterocycles. The van der Waals surface area contributed by atoms with Gasteiger partial charge >= 0.3 is 5.37 Å². The smallest absolute Gasteiger partial charge is 0.313 e. The molecule has 4 atom stereocenters. The van der Waals surface area contributed by atoms with Gasteiger partial charge in [0.15, 0.2) is 0 Å². The highest BCUT2D eigenvalue weighted by Gasteiger charge is 2.45. The lowest BCUT2D eigenvalue weighted by Gasteiger charge is -2.28. The van der Waals surface area contributed by atoms with Crippen molar-refractivity contribution >= 4 is 23.0 Å². The molecular weight excluding hydrogens is 228 g/mol. The van der Waals surface area contributed by atoms with Crippen molar-refractivity contribution in [3.8, 4) is 0 Å². The van der Waals surface area contributed by atoms with Gasteiger partial charge in [0.25, 0.3) is 0 Å². The summed E-state index contributed by atoms with van der Waals surface area (Å²) in [5.74, 6) is 2.34. The van der Waals surface area contributed by atoms with Crippen LogP contribution in [0.5, 0.6) is 0 Å². The first-order chi connectivity index (χ1) is 7.70. The van der Waals surface area contributed by atoms with Gasteiger partial charge in [-0.3, -0.25) is 4.79 Å². The van der Waals surface area contributed by atoms with Crippen molar-refractivity contribution in [3.05, 3.63) is 0 Å². The van der Waals surface area contributed by atoms with E-state index in [-0.39, 0.29) is 0 Å². The summed E-state index contributed by atoms with van der Waals surface area (Å²) in [6.07, 6.45) is 5.15. The summed E-state index contributed by atoms with van der Waals surface area (Å²) in [6, 6.07) is 0. The molecule has 1 amide bonds. The van der Waals surface area contributed by atoms with Crippen LogP contribution in [0.15, 0.2) is 4.99 Å². The van der Waals surface area contributed by atoms with Crippen LogP contribution in [-0.4, -0.2) is 24.5 Å². The lowest BCUT2D eigenvalue weighted by molar-refractivity contribution is 0.230. The van der Waals surface area contributed by atoms with Crippen LogP contribution in [0, 0.1) is 23.7 Å². The van der Waals surface area contributed by atoms with Crippen molar-refractivity contribution in [2.75, 3.05) is 13.1 Å². The second-order valence-electron chi connectivity index (χ2n) is 4.84. The summed E-state index contributed by atoms with van der Waals surface area (Å²) < 4.78 is 0. The molecule has 2 fully saturated rings. The van der Waals surface area contributed by atoms with E-state index in [1.165, 1.54) is 19.3 Å². The normalized spacial score (nSPS) is 35.8. The molecule has 0 aromatic heterocycles. The minimum atomic E-state index is -0.481. The molecule has 4 nitrogen and oxygen atoms in total. The maximum atomic E-state index is 10.6. The largest absolute Gasteiger partial charge is 0.342 e. The number of hydrogen-bond donors (Lipinski definition) is 1. The Morgan fingerprint density at radius 1 is 1.38 bits per heavy atom. The van der Waals surface area contributed by atoms with Gasteiger partial charge in [0.05, 0.1) is 6.54 Å². The van der Waals surface area contributed by atoms with Gasteiger partial charge in [0, 0.05) is 6.54 Å². The SMILES string of the molecule is O=C=NCC1CC2CC(CNC(=O)Cl)C1C2. The van der Waals surface area contributed by atoms with Gasteiger partial charge in [-0.05, 0) is 54.5 Å². The average Bonchev–Trinajstić information content (AvgIpc) is 2.82. The molecule has 2 bridgehead atoms. The highest BCUT2D eigenvalue weighted by molar-refractivity contribution is 6.62. The Kier molecular flexibility index (Phi) is 3.62. The Hall–Kier alpha value is -0.860. The zero-order valence-electron chi connectivity index (χ0n) is 8.99. The van der Waals surface area contributed by atoms with E-state index in [2.05, 4.69) is 10.3 Å². The van der Waals surface area contributed by atoms with Crippen LogP contribution in [0.3, 0.4) is 0 Å². The van der Waals surface area contributed by atoms with E-state index in [1.54, 1.807) is 6.08 Å². The molecule has 2 saturated carbocycles. The van der Waals surface area contributed by atoms with E-state index in [4.69, 9.17) is 11.6 Å². The Morgan fingerprint density at radius 3 is 2.75 bits per heavy atom. The second kappa shape index (κ2) is 4.98. The molecule has 0 saturated heterocycles. The predicted molar refractivity (Wildman–Crippen MR) is 60.1 cm³/mol. The van der Waals surface area contributed by atoms with Gasteiger partial charge in [0.2, 0.25) is 6.08 Å². The van der Waals surface area contributed by atoms with Crippen LogP contribution in [0.1, 0.15) is 19.3 Å². The van der Waals surface area contributed by atoms with E-state index in [1.807, 2.05) is 0 Å². The molecule has 0 aromatic rings. The number of aliphatic imine (C=N–C) groups is 1. The molecular formula is C11H15ClN2O2. The first-order valence-corrected chi connectivity index (χ1v) is 6.05. The Morgan fingerprint density at radius 2 is 2.12 bits per heavy atom. The highest BCUT2D eigenvalue weighted by atomic mass is 35.5. The third-order valence-electron chi connectivity index (χ3n) is 3.98. The molecule has 88 valence electrons. The Balaban J connectivity index is 1.88. The van der Waals surface area contributed by atoms with E-state index in [9.17, 15) is 9.59 Å². The summed E-state index contributed by atoms with van der Waals surface area (Å²) in [6.45, 7) is 1.25. The number of nitrogens with one attached hydrogen (secondary N) is 1. The fourth-order valence-corrected chi connectivity index (χ4v) is 3.54. The van der Waals surface area contributed by atoms with Crippen molar-refractivity contribution in [3.63, 3.8) is 0 Å². The fraction of sp³-hybridized carbons (Fsp3) is 0.818. The Bertz CT molecular complexity index is 326. The van der Waals surface area contributed by atoms with Crippen molar-refractivity contribution in [2.45, 2.75) is 19.3 Å². The van der Waals surface area contributed by atoms with Crippen LogP contribution >= 0.6 is 11.6 Å². The van der Waals surface area contributed by atoms with Gasteiger partial charge in [-0.1, -0.05) is 0 Å². The zero-order valence-corrected chi connectivity index (χ0v) is 9.74. The van der Waals surface area contributed by atoms with Crippen LogP contribution in [-0.2, 0) is 4.79 Å². The van der Waals surface area contributed by atoms with Crippen molar-refractivity contribution in [2.24, 2.45) is 28.7 Å². The molecule has 0 heterocycles. The molecule has 2 aliphatic carbocycles. The lowest BCUT2D eigenvalue weighted by atomic mass is 9.80. The molecule has 4 unspecified atom stereocenters. The minimum absolute atomic E-state index is 0.481. The minimum Gasteiger partial charge on any atom is -0.342 e. The standard InChI is InChI=1S/C11H15ClN2O2/c12-11(16)14-5-9-2-7-1-8(4-13-6-15)10(9)3-7/h7-10H,1-5H2,(H,14,16). The Labute approximate surface area is 99.4 Å². The molecule has 16 heavy (non-hydrogen) atoms. The topological polar surface area (TPSA) is 58.5 Å². The van der Waals surface area contributed by atoms with E-state index < -0.39 is 5.37 Å². The number of amides is 1. The first kappa shape index (κ1) is 11.6. The number of rotatable bonds is 4. The number of nitrogens with zero attached hydrogens (tertiary/aromatic N) is 1. The zero-order chi connectivity index (χ0) is 11.5. The van der Waals surface area contributed by atoms with Crippen molar-refractivity contribution < 1.29 is 9.59 Å². The fourth-order valence-electron chi connectivity index (χ4n) is 3.46. The maximum absolute atomic E-state index is 10.6. The highest BCUT2D eigenvalue weighted by Crippen LogP contribution is 2.51. The molecule has 5 heteroatoms. The van der Waals surface area contributed by atoms with Gasteiger partial charge in [-0.2, -0.15) is 0 Å². The predicted octanol–water partition coefficient (Wildman–Crippen LogP) is 1.93. The van der Waals surface area contributed by atoms with Gasteiger partial charge in [-0.15, -0.1) is 0 Å².